The highest BCUT2D eigenvalue weighted by Gasteiger charge is 2.24. The van der Waals surface area contributed by atoms with Crippen molar-refractivity contribution in [2.75, 3.05) is 6.26 Å². The molecule has 3 rings (SSSR count). The summed E-state index contributed by atoms with van der Waals surface area (Å²) in [4.78, 5) is 1.29. The third kappa shape index (κ3) is 2.63. The summed E-state index contributed by atoms with van der Waals surface area (Å²) in [6.07, 6.45) is 6.09. The van der Waals surface area contributed by atoms with E-state index in [1.54, 1.807) is 11.8 Å². The Kier molecular flexibility index (Phi) is 4.13. The SMILES string of the molecule is CSc1ccc(C(N)c2ccccc2C2CCC2)cc1. The van der Waals surface area contributed by atoms with Crippen molar-refractivity contribution in [1.29, 1.82) is 0 Å². The Labute approximate surface area is 125 Å². The maximum absolute atomic E-state index is 6.52. The molecule has 0 amide bonds. The fourth-order valence-corrected chi connectivity index (χ4v) is 3.28. The molecule has 1 nitrogen and oxygen atoms in total. The van der Waals surface area contributed by atoms with Crippen molar-refractivity contribution in [2.24, 2.45) is 5.73 Å². The van der Waals surface area contributed by atoms with Crippen LogP contribution >= 0.6 is 11.8 Å². The molecule has 1 aliphatic carbocycles. The highest BCUT2D eigenvalue weighted by atomic mass is 32.2. The van der Waals surface area contributed by atoms with Crippen LogP contribution in [0.4, 0.5) is 0 Å². The molecule has 2 N–H and O–H groups in total. The topological polar surface area (TPSA) is 26.0 Å². The van der Waals surface area contributed by atoms with E-state index < -0.39 is 0 Å². The van der Waals surface area contributed by atoms with Crippen molar-refractivity contribution in [3.63, 3.8) is 0 Å². The molecule has 0 spiro atoms. The zero-order chi connectivity index (χ0) is 13.9. The molecule has 104 valence electrons. The molecule has 1 fully saturated rings. The van der Waals surface area contributed by atoms with Crippen LogP contribution in [0.1, 0.15) is 47.9 Å². The lowest BCUT2D eigenvalue weighted by molar-refractivity contribution is 0.416. The molecule has 2 aromatic carbocycles. The second-order valence-electron chi connectivity index (χ2n) is 5.51. The number of thioether (sulfide) groups is 1. The first-order chi connectivity index (χ1) is 9.79. The lowest BCUT2D eigenvalue weighted by Gasteiger charge is -2.29. The summed E-state index contributed by atoms with van der Waals surface area (Å²) >= 11 is 1.77. The van der Waals surface area contributed by atoms with Crippen LogP contribution in [-0.4, -0.2) is 6.26 Å². The van der Waals surface area contributed by atoms with Gasteiger partial charge in [-0.2, -0.15) is 0 Å². The lowest BCUT2D eigenvalue weighted by atomic mass is 9.76. The molecule has 0 bridgehead atoms. The monoisotopic (exact) mass is 283 g/mol. The van der Waals surface area contributed by atoms with Gasteiger partial charge in [0.2, 0.25) is 0 Å². The maximum atomic E-state index is 6.52. The molecular formula is C18H21NS. The Bertz CT molecular complexity index is 572. The number of hydrogen-bond acceptors (Lipinski definition) is 2. The Morgan fingerprint density at radius 2 is 1.75 bits per heavy atom. The van der Waals surface area contributed by atoms with Crippen molar-refractivity contribution in [3.05, 3.63) is 65.2 Å². The number of nitrogens with two attached hydrogens (primary N) is 1. The summed E-state index contributed by atoms with van der Waals surface area (Å²) in [5.41, 5.74) is 10.5. The van der Waals surface area contributed by atoms with Gasteiger partial charge in [0.1, 0.15) is 0 Å². The average Bonchev–Trinajstić information content (AvgIpc) is 2.45. The van der Waals surface area contributed by atoms with E-state index in [0.717, 1.165) is 5.92 Å². The Morgan fingerprint density at radius 1 is 1.05 bits per heavy atom. The normalized spacial score (nSPS) is 16.7. The quantitative estimate of drug-likeness (QED) is 0.821. The summed E-state index contributed by atoms with van der Waals surface area (Å²) < 4.78 is 0. The van der Waals surface area contributed by atoms with Gasteiger partial charge in [0.25, 0.3) is 0 Å². The summed E-state index contributed by atoms with van der Waals surface area (Å²) in [6, 6.07) is 17.3. The fraction of sp³-hybridized carbons (Fsp3) is 0.333. The van der Waals surface area contributed by atoms with Crippen molar-refractivity contribution in [2.45, 2.75) is 36.1 Å². The highest BCUT2D eigenvalue weighted by molar-refractivity contribution is 7.98. The molecule has 20 heavy (non-hydrogen) atoms. The highest BCUT2D eigenvalue weighted by Crippen LogP contribution is 2.40. The molecule has 0 aromatic heterocycles. The van der Waals surface area contributed by atoms with Gasteiger partial charge in [0.15, 0.2) is 0 Å². The van der Waals surface area contributed by atoms with Gasteiger partial charge in [0, 0.05) is 4.90 Å². The Morgan fingerprint density at radius 3 is 2.35 bits per heavy atom. The maximum Gasteiger partial charge on any atom is 0.0554 e. The Balaban J connectivity index is 1.90. The van der Waals surface area contributed by atoms with Gasteiger partial charge in [0.05, 0.1) is 6.04 Å². The van der Waals surface area contributed by atoms with E-state index in [9.17, 15) is 0 Å². The van der Waals surface area contributed by atoms with Crippen molar-refractivity contribution < 1.29 is 0 Å². The van der Waals surface area contributed by atoms with Gasteiger partial charge in [-0.3, -0.25) is 0 Å². The predicted octanol–water partition coefficient (Wildman–Crippen LogP) is 4.72. The van der Waals surface area contributed by atoms with Crippen LogP contribution in [0.15, 0.2) is 53.4 Å². The van der Waals surface area contributed by atoms with Crippen molar-refractivity contribution in [1.82, 2.24) is 0 Å². The molecule has 0 saturated heterocycles. The van der Waals surface area contributed by atoms with E-state index in [4.69, 9.17) is 5.73 Å². The van der Waals surface area contributed by atoms with Gasteiger partial charge < -0.3 is 5.73 Å². The fourth-order valence-electron chi connectivity index (χ4n) is 2.88. The molecule has 0 aliphatic heterocycles. The van der Waals surface area contributed by atoms with Gasteiger partial charge in [-0.15, -0.1) is 11.8 Å². The van der Waals surface area contributed by atoms with Crippen molar-refractivity contribution >= 4 is 11.8 Å². The van der Waals surface area contributed by atoms with Crippen LogP contribution in [-0.2, 0) is 0 Å². The van der Waals surface area contributed by atoms with Gasteiger partial charge in [-0.05, 0) is 53.8 Å². The number of hydrogen-bond donors (Lipinski definition) is 1. The van der Waals surface area contributed by atoms with Crippen LogP contribution in [0.3, 0.4) is 0 Å². The van der Waals surface area contributed by atoms with E-state index in [1.165, 1.54) is 40.8 Å². The molecule has 1 saturated carbocycles. The molecule has 2 aromatic rings. The minimum Gasteiger partial charge on any atom is -0.320 e. The number of rotatable bonds is 4. The standard InChI is InChI=1S/C18H21NS/c1-20-15-11-9-14(10-12-15)18(19)17-8-3-2-7-16(17)13-5-4-6-13/h2-3,7-13,18H,4-6,19H2,1H3. The summed E-state index contributed by atoms with van der Waals surface area (Å²) in [5.74, 6) is 0.725. The second kappa shape index (κ2) is 6.02. The third-order valence-electron chi connectivity index (χ3n) is 4.35. The molecule has 1 aliphatic rings. The first kappa shape index (κ1) is 13.7. The molecule has 0 radical (unpaired) electrons. The lowest BCUT2D eigenvalue weighted by Crippen LogP contribution is -2.18. The van der Waals surface area contributed by atoms with Gasteiger partial charge in [-0.25, -0.2) is 0 Å². The largest absolute Gasteiger partial charge is 0.320 e. The van der Waals surface area contributed by atoms with Crippen LogP contribution < -0.4 is 5.73 Å². The minimum absolute atomic E-state index is 0.0114. The first-order valence-corrected chi connectivity index (χ1v) is 8.50. The molecule has 1 unspecified atom stereocenters. The van der Waals surface area contributed by atoms with Gasteiger partial charge >= 0.3 is 0 Å². The predicted molar refractivity (Wildman–Crippen MR) is 87.3 cm³/mol. The van der Waals surface area contributed by atoms with Crippen LogP contribution in [0.5, 0.6) is 0 Å². The van der Waals surface area contributed by atoms with E-state index in [-0.39, 0.29) is 6.04 Å². The zero-order valence-corrected chi connectivity index (χ0v) is 12.7. The molecule has 0 heterocycles. The van der Waals surface area contributed by atoms with Crippen molar-refractivity contribution in [3.8, 4) is 0 Å². The van der Waals surface area contributed by atoms with E-state index in [1.807, 2.05) is 0 Å². The third-order valence-corrected chi connectivity index (χ3v) is 5.09. The summed E-state index contributed by atoms with van der Waals surface area (Å²) in [5, 5.41) is 0. The van der Waals surface area contributed by atoms with Crippen LogP contribution in [0, 0.1) is 0 Å². The smallest absolute Gasteiger partial charge is 0.0554 e. The minimum atomic E-state index is -0.0114. The van der Waals surface area contributed by atoms with E-state index in [2.05, 4.69) is 54.8 Å². The average molecular weight is 283 g/mol. The molecule has 2 heteroatoms. The molecule has 1 atom stereocenters. The first-order valence-electron chi connectivity index (χ1n) is 7.28. The van der Waals surface area contributed by atoms with Crippen LogP contribution in [0.25, 0.3) is 0 Å². The molecular weight excluding hydrogens is 262 g/mol. The number of benzene rings is 2. The second-order valence-corrected chi connectivity index (χ2v) is 6.39. The Hall–Kier alpha value is -1.25. The van der Waals surface area contributed by atoms with E-state index in [0.29, 0.717) is 0 Å². The van der Waals surface area contributed by atoms with Crippen LogP contribution in [0.2, 0.25) is 0 Å². The zero-order valence-electron chi connectivity index (χ0n) is 11.9. The van der Waals surface area contributed by atoms with E-state index >= 15 is 0 Å². The summed E-state index contributed by atoms with van der Waals surface area (Å²) in [6.45, 7) is 0. The summed E-state index contributed by atoms with van der Waals surface area (Å²) in [7, 11) is 0. The van der Waals surface area contributed by atoms with Gasteiger partial charge in [-0.1, -0.05) is 42.8 Å².